The second-order valence-electron chi connectivity index (χ2n) is 18.5. The lowest BCUT2D eigenvalue weighted by atomic mass is 9.85. The molecule has 9 N–H and O–H groups in total. The van der Waals surface area contributed by atoms with Crippen LogP contribution < -0.4 is 5.32 Å². The summed E-state index contributed by atoms with van der Waals surface area (Å²) in [5.74, 6) is -0.607. The molecule has 1 fully saturated rings. The number of carbonyl (C=O) groups is 1. The van der Waals surface area contributed by atoms with Gasteiger partial charge in [0.25, 0.3) is 0 Å². The van der Waals surface area contributed by atoms with Crippen LogP contribution in [-0.2, 0) is 18.4 Å². The number of unbranched alkanes of at least 4 members (excludes halogenated alkanes) is 26. The first-order valence-corrected chi connectivity index (χ1v) is 27.5. The number of hydrogen-bond donors (Lipinski definition) is 9. The Morgan fingerprint density at radius 3 is 1.35 bits per heavy atom. The number of amides is 1. The number of aliphatic hydroxyl groups excluding tert-OH is 7. The Morgan fingerprint density at radius 1 is 0.538 bits per heavy atom. The van der Waals surface area contributed by atoms with Gasteiger partial charge >= 0.3 is 7.82 Å². The summed E-state index contributed by atoms with van der Waals surface area (Å²) >= 11 is 0. The highest BCUT2D eigenvalue weighted by atomic mass is 31.2. The van der Waals surface area contributed by atoms with Crippen molar-refractivity contribution < 1.29 is 59.0 Å². The van der Waals surface area contributed by atoms with Crippen molar-refractivity contribution >= 4 is 13.7 Å². The fourth-order valence-electron chi connectivity index (χ4n) is 8.19. The second-order valence-corrected chi connectivity index (χ2v) is 20.0. The summed E-state index contributed by atoms with van der Waals surface area (Å²) in [4.78, 5) is 23.5. The van der Waals surface area contributed by atoms with Gasteiger partial charge in [0.15, 0.2) is 0 Å². The van der Waals surface area contributed by atoms with Gasteiger partial charge in [0.1, 0.15) is 36.6 Å². The highest BCUT2D eigenvalue weighted by Crippen LogP contribution is 2.47. The fraction of sp³-hybridized carbons (Fsp3) is 0.863. The zero-order valence-corrected chi connectivity index (χ0v) is 41.5. The molecular weight excluding hydrogens is 850 g/mol. The third-order valence-electron chi connectivity index (χ3n) is 12.4. The lowest BCUT2D eigenvalue weighted by molar-refractivity contribution is -0.220. The molecule has 382 valence electrons. The molecule has 0 aliphatic heterocycles. The zero-order chi connectivity index (χ0) is 48.0. The van der Waals surface area contributed by atoms with E-state index in [0.29, 0.717) is 12.8 Å². The minimum Gasteiger partial charge on any atom is -0.393 e. The van der Waals surface area contributed by atoms with Crippen LogP contribution in [-0.4, -0.2) is 108 Å². The Kier molecular flexibility index (Phi) is 38.3. The molecule has 1 aliphatic rings. The van der Waals surface area contributed by atoms with Gasteiger partial charge in [-0.15, -0.1) is 0 Å². The van der Waals surface area contributed by atoms with E-state index in [-0.39, 0.29) is 6.42 Å². The van der Waals surface area contributed by atoms with Gasteiger partial charge in [-0.25, -0.2) is 4.57 Å². The summed E-state index contributed by atoms with van der Waals surface area (Å²) in [6.07, 6.45) is 33.8. The first-order chi connectivity index (χ1) is 31.3. The lowest BCUT2D eigenvalue weighted by Gasteiger charge is -2.41. The molecule has 0 aromatic carbocycles. The Bertz CT molecular complexity index is 1250. The van der Waals surface area contributed by atoms with E-state index in [1.165, 1.54) is 128 Å². The van der Waals surface area contributed by atoms with Crippen LogP contribution in [0.5, 0.6) is 0 Å². The zero-order valence-electron chi connectivity index (χ0n) is 40.7. The predicted octanol–water partition coefficient (Wildman–Crippen LogP) is 9.70. The molecule has 8 unspecified atom stereocenters. The quantitative estimate of drug-likeness (QED) is 0.0158. The van der Waals surface area contributed by atoms with Gasteiger partial charge in [0.2, 0.25) is 5.91 Å². The van der Waals surface area contributed by atoms with Crippen LogP contribution in [0.4, 0.5) is 0 Å². The van der Waals surface area contributed by atoms with E-state index < -0.39 is 75.2 Å². The van der Waals surface area contributed by atoms with Crippen molar-refractivity contribution in [1.29, 1.82) is 0 Å². The van der Waals surface area contributed by atoms with Crippen LogP contribution in [0.1, 0.15) is 219 Å². The largest absolute Gasteiger partial charge is 0.472 e. The maximum absolute atomic E-state index is 13.0. The number of phosphoric ester groups is 1. The number of rotatable bonds is 43. The molecule has 0 spiro atoms. The average Bonchev–Trinajstić information content (AvgIpc) is 3.28. The number of phosphoric acid groups is 1. The predicted molar refractivity (Wildman–Crippen MR) is 261 cm³/mol. The van der Waals surface area contributed by atoms with E-state index in [1.807, 2.05) is 0 Å². The number of aliphatic hydroxyl groups is 7. The van der Waals surface area contributed by atoms with Crippen molar-refractivity contribution in [3.63, 3.8) is 0 Å². The maximum atomic E-state index is 13.0. The molecule has 0 radical (unpaired) electrons. The van der Waals surface area contributed by atoms with Crippen LogP contribution in [0.15, 0.2) is 36.5 Å². The topological polar surface area (TPSA) is 226 Å². The smallest absolute Gasteiger partial charge is 0.393 e. The van der Waals surface area contributed by atoms with Gasteiger partial charge in [0, 0.05) is 0 Å². The minimum absolute atomic E-state index is 0.257. The number of carbonyl (C=O) groups excluding carboxylic acids is 1. The van der Waals surface area contributed by atoms with Crippen molar-refractivity contribution in [2.24, 2.45) is 0 Å². The van der Waals surface area contributed by atoms with Crippen LogP contribution in [0.3, 0.4) is 0 Å². The fourth-order valence-corrected chi connectivity index (χ4v) is 9.16. The molecule has 1 aliphatic carbocycles. The average molecular weight is 946 g/mol. The van der Waals surface area contributed by atoms with Crippen LogP contribution in [0.25, 0.3) is 0 Å². The van der Waals surface area contributed by atoms with E-state index in [2.05, 4.69) is 43.5 Å². The monoisotopic (exact) mass is 946 g/mol. The highest BCUT2D eigenvalue weighted by Gasteiger charge is 2.51. The van der Waals surface area contributed by atoms with E-state index in [1.54, 1.807) is 6.08 Å². The third-order valence-corrected chi connectivity index (χ3v) is 13.4. The summed E-state index contributed by atoms with van der Waals surface area (Å²) in [6, 6.07) is -1.26. The molecule has 65 heavy (non-hydrogen) atoms. The van der Waals surface area contributed by atoms with E-state index >= 15 is 0 Å². The lowest BCUT2D eigenvalue weighted by Crippen LogP contribution is -2.64. The third kappa shape index (κ3) is 32.1. The number of allylic oxidation sites excluding steroid dienone is 5. The molecule has 1 saturated carbocycles. The molecule has 0 saturated heterocycles. The first kappa shape index (κ1) is 61.5. The van der Waals surface area contributed by atoms with Gasteiger partial charge in [-0.3, -0.25) is 13.8 Å². The normalized spacial score (nSPS) is 22.8. The molecule has 1 amide bonds. The Balaban J connectivity index is 2.49. The molecule has 0 aromatic heterocycles. The molecular formula is C51H96NO12P. The van der Waals surface area contributed by atoms with Crippen molar-refractivity contribution in [3.8, 4) is 0 Å². The maximum Gasteiger partial charge on any atom is 0.472 e. The summed E-state index contributed by atoms with van der Waals surface area (Å²) in [6.45, 7) is 3.74. The minimum atomic E-state index is -5.15. The summed E-state index contributed by atoms with van der Waals surface area (Å²) < 4.78 is 22.9. The molecule has 0 heterocycles. The molecule has 8 atom stereocenters. The first-order valence-electron chi connectivity index (χ1n) is 26.0. The SMILES string of the molecule is CCCCCCCCCCC/C=C/CC/C=C/C(O)C(COP(=O)(O)OC1C(O)C(O)C(O)C(O)C1O)NC(=O)CC(O)CCCCCCC/C=C\CCCCCCCCCCCCC. The van der Waals surface area contributed by atoms with Crippen LogP contribution >= 0.6 is 7.82 Å². The van der Waals surface area contributed by atoms with Gasteiger partial charge in [-0.2, -0.15) is 0 Å². The Morgan fingerprint density at radius 2 is 0.908 bits per heavy atom. The van der Waals surface area contributed by atoms with Crippen molar-refractivity contribution in [1.82, 2.24) is 5.32 Å². The Labute approximate surface area is 394 Å². The number of nitrogens with one attached hydrogen (secondary N) is 1. The van der Waals surface area contributed by atoms with Gasteiger partial charge < -0.3 is 46.0 Å². The molecule has 13 nitrogen and oxygen atoms in total. The van der Waals surface area contributed by atoms with Crippen molar-refractivity contribution in [2.45, 2.75) is 274 Å². The van der Waals surface area contributed by atoms with Gasteiger partial charge in [0.05, 0.1) is 31.3 Å². The van der Waals surface area contributed by atoms with E-state index in [4.69, 9.17) is 9.05 Å². The highest BCUT2D eigenvalue weighted by molar-refractivity contribution is 7.47. The van der Waals surface area contributed by atoms with E-state index in [9.17, 15) is 50.0 Å². The van der Waals surface area contributed by atoms with Crippen LogP contribution in [0, 0.1) is 0 Å². The van der Waals surface area contributed by atoms with E-state index in [0.717, 1.165) is 64.2 Å². The standard InChI is InChI=1S/C51H96NO12P/c1-3-5-7-9-11-13-15-17-19-20-21-22-23-25-26-28-30-32-34-36-38-42(53)40-45(55)52-43(41-63-65(61,62)64-51-49(59)47(57)46(56)48(58)50(51)60)44(54)39-37-35-33-31-29-27-24-18-16-14-12-10-8-6-4-2/h23,25,29,31,37,39,42-44,46-51,53-54,56-60H,3-22,24,26-28,30,32-36,38,40-41H2,1-2H3,(H,52,55)(H,61,62)/b25-23-,31-29+,39-37+. The summed E-state index contributed by atoms with van der Waals surface area (Å²) in [7, 11) is -5.15. The van der Waals surface area contributed by atoms with Crippen molar-refractivity contribution in [2.75, 3.05) is 6.61 Å². The molecule has 0 aromatic rings. The van der Waals surface area contributed by atoms with Crippen molar-refractivity contribution in [3.05, 3.63) is 36.5 Å². The summed E-state index contributed by atoms with van der Waals surface area (Å²) in [5.41, 5.74) is 0. The van der Waals surface area contributed by atoms with Gasteiger partial charge in [-0.1, -0.05) is 192 Å². The number of hydrogen-bond acceptors (Lipinski definition) is 11. The molecule has 1 rings (SSSR count). The van der Waals surface area contributed by atoms with Gasteiger partial charge in [-0.05, 0) is 57.8 Å². The Hall–Kier alpha value is -1.48. The summed E-state index contributed by atoms with van der Waals surface area (Å²) in [5, 5.41) is 74.6. The molecule has 14 heteroatoms. The van der Waals surface area contributed by atoms with Crippen LogP contribution in [0.2, 0.25) is 0 Å². The molecule has 0 bridgehead atoms. The second kappa shape index (κ2) is 40.4.